The molecule has 9 heteroatoms. The molecule has 3 heterocycles. The average molecular weight is 593 g/mol. The molecule has 1 aliphatic carbocycles. The number of carbonyl (C=O) groups is 2. The second-order valence-corrected chi connectivity index (χ2v) is 11.6. The lowest BCUT2D eigenvalue weighted by Gasteiger charge is -2.30. The highest BCUT2D eigenvalue weighted by molar-refractivity contribution is 6.07. The Kier molecular flexibility index (Phi) is 7.24. The summed E-state index contributed by atoms with van der Waals surface area (Å²) in [6.45, 7) is 3.15. The van der Waals surface area contributed by atoms with Crippen LogP contribution in [0.3, 0.4) is 0 Å². The SMILES string of the molecule is CCOC(=O)C1C(Cc2ccc(F)cc2)=Nc2c(c(=O)n3n2CCC3)C1c1ccc(C(=O)N[C@@H]2CCc3ccccc32)cc1. The van der Waals surface area contributed by atoms with Crippen LogP contribution in [0.1, 0.15) is 69.9 Å². The van der Waals surface area contributed by atoms with Crippen molar-refractivity contribution in [2.75, 3.05) is 6.61 Å². The number of nitrogens with zero attached hydrogens (tertiary/aromatic N) is 3. The zero-order chi connectivity index (χ0) is 30.4. The first-order valence-corrected chi connectivity index (χ1v) is 15.2. The molecule has 0 radical (unpaired) electrons. The van der Waals surface area contributed by atoms with Gasteiger partial charge in [-0.25, -0.2) is 14.1 Å². The van der Waals surface area contributed by atoms with Crippen LogP contribution in [0.4, 0.5) is 10.2 Å². The van der Waals surface area contributed by atoms with E-state index in [4.69, 9.17) is 9.73 Å². The lowest BCUT2D eigenvalue weighted by atomic mass is 9.75. The van der Waals surface area contributed by atoms with E-state index in [1.807, 2.05) is 28.9 Å². The number of rotatable bonds is 7. The third kappa shape index (κ3) is 4.86. The van der Waals surface area contributed by atoms with Gasteiger partial charge in [0.2, 0.25) is 0 Å². The van der Waals surface area contributed by atoms with Crippen LogP contribution in [0.25, 0.3) is 0 Å². The van der Waals surface area contributed by atoms with Crippen LogP contribution in [0.15, 0.2) is 82.6 Å². The monoisotopic (exact) mass is 592 g/mol. The van der Waals surface area contributed by atoms with E-state index in [0.29, 0.717) is 42.2 Å². The fraction of sp³-hybridized carbons (Fsp3) is 0.314. The Morgan fingerprint density at radius 3 is 2.52 bits per heavy atom. The predicted octanol–water partition coefficient (Wildman–Crippen LogP) is 5.25. The molecule has 1 amide bonds. The highest BCUT2D eigenvalue weighted by atomic mass is 19.1. The lowest BCUT2D eigenvalue weighted by Crippen LogP contribution is -2.37. The summed E-state index contributed by atoms with van der Waals surface area (Å²) in [5.41, 5.74) is 5.29. The summed E-state index contributed by atoms with van der Waals surface area (Å²) in [4.78, 5) is 45.7. The molecule has 1 N–H and O–H groups in total. The topological polar surface area (TPSA) is 94.7 Å². The molecule has 3 aromatic carbocycles. The lowest BCUT2D eigenvalue weighted by molar-refractivity contribution is -0.146. The van der Waals surface area contributed by atoms with E-state index in [1.54, 1.807) is 35.9 Å². The third-order valence-corrected chi connectivity index (χ3v) is 9.04. The molecule has 0 spiro atoms. The van der Waals surface area contributed by atoms with Crippen molar-refractivity contribution in [3.05, 3.63) is 122 Å². The van der Waals surface area contributed by atoms with Gasteiger partial charge < -0.3 is 10.1 Å². The van der Waals surface area contributed by atoms with Crippen molar-refractivity contribution in [3.63, 3.8) is 0 Å². The number of ether oxygens (including phenoxy) is 1. The maximum Gasteiger partial charge on any atom is 0.315 e. The summed E-state index contributed by atoms with van der Waals surface area (Å²) in [6, 6.07) is 21.4. The van der Waals surface area contributed by atoms with E-state index >= 15 is 0 Å². The number of carbonyl (C=O) groups excluding carboxylic acids is 2. The van der Waals surface area contributed by atoms with E-state index in [1.165, 1.54) is 17.7 Å². The first-order valence-electron chi connectivity index (χ1n) is 15.2. The van der Waals surface area contributed by atoms with Crippen LogP contribution in [0.2, 0.25) is 0 Å². The van der Waals surface area contributed by atoms with Gasteiger partial charge in [0.15, 0.2) is 5.82 Å². The quantitative estimate of drug-likeness (QED) is 0.297. The summed E-state index contributed by atoms with van der Waals surface area (Å²) in [7, 11) is 0. The number of hydrogen-bond acceptors (Lipinski definition) is 5. The number of fused-ring (bicyclic) bond motifs is 4. The van der Waals surface area contributed by atoms with Crippen molar-refractivity contribution in [2.45, 2.75) is 57.7 Å². The standard InChI is InChI=1S/C35H33FN4O4/c1-2-44-35(43)30-28(20-21-8-15-25(36)16-9-21)37-32-31(34(42)40-19-5-18-39(32)40)29(30)23-10-12-24(13-11-23)33(41)38-27-17-14-22-6-3-4-7-26(22)27/h3-4,6-13,15-16,27,29-30H,2,5,14,17-20H2,1H3,(H,38,41)/t27-,29?,30?/m1/s1. The van der Waals surface area contributed by atoms with E-state index in [-0.39, 0.29) is 29.9 Å². The first kappa shape index (κ1) is 28.0. The van der Waals surface area contributed by atoms with Gasteiger partial charge in [0, 0.05) is 36.7 Å². The number of hydrogen-bond donors (Lipinski definition) is 1. The Morgan fingerprint density at radius 1 is 1.00 bits per heavy atom. The van der Waals surface area contributed by atoms with Gasteiger partial charge in [-0.05, 0) is 72.7 Å². The summed E-state index contributed by atoms with van der Waals surface area (Å²) >= 11 is 0. The van der Waals surface area contributed by atoms with Crippen molar-refractivity contribution < 1.29 is 18.7 Å². The van der Waals surface area contributed by atoms with Crippen molar-refractivity contribution in [1.29, 1.82) is 0 Å². The second kappa shape index (κ2) is 11.4. The van der Waals surface area contributed by atoms with Gasteiger partial charge >= 0.3 is 5.97 Å². The van der Waals surface area contributed by atoms with Gasteiger partial charge in [-0.3, -0.25) is 19.1 Å². The Bertz CT molecular complexity index is 1840. The van der Waals surface area contributed by atoms with Gasteiger partial charge in [-0.15, -0.1) is 0 Å². The Hall–Kier alpha value is -4.79. The van der Waals surface area contributed by atoms with Crippen LogP contribution in [-0.2, 0) is 35.5 Å². The van der Waals surface area contributed by atoms with Crippen LogP contribution in [0, 0.1) is 11.7 Å². The molecule has 2 aliphatic heterocycles. The van der Waals surface area contributed by atoms with Crippen molar-refractivity contribution in [2.24, 2.45) is 10.9 Å². The van der Waals surface area contributed by atoms with E-state index in [2.05, 4.69) is 17.4 Å². The molecule has 8 nitrogen and oxygen atoms in total. The van der Waals surface area contributed by atoms with Gasteiger partial charge in [0.1, 0.15) is 11.7 Å². The van der Waals surface area contributed by atoms with E-state index in [0.717, 1.165) is 36.0 Å². The van der Waals surface area contributed by atoms with Crippen LogP contribution in [0.5, 0.6) is 0 Å². The van der Waals surface area contributed by atoms with Crippen LogP contribution in [-0.4, -0.2) is 33.6 Å². The maximum absolute atomic E-state index is 13.8. The van der Waals surface area contributed by atoms with E-state index < -0.39 is 17.8 Å². The fourth-order valence-electron chi connectivity index (χ4n) is 6.99. The number of halogens is 1. The van der Waals surface area contributed by atoms with Gasteiger partial charge in [-0.2, -0.15) is 0 Å². The minimum atomic E-state index is -0.862. The second-order valence-electron chi connectivity index (χ2n) is 11.6. The highest BCUT2D eigenvalue weighted by Crippen LogP contribution is 2.43. The number of esters is 1. The number of aliphatic imine (C=N–C) groups is 1. The van der Waals surface area contributed by atoms with E-state index in [9.17, 15) is 18.8 Å². The maximum atomic E-state index is 13.8. The summed E-state index contributed by atoms with van der Waals surface area (Å²) in [5, 5.41) is 3.17. The molecule has 0 fully saturated rings. The normalized spacial score (nSPS) is 20.0. The zero-order valence-electron chi connectivity index (χ0n) is 24.5. The first-order chi connectivity index (χ1) is 21.4. The third-order valence-electron chi connectivity index (χ3n) is 9.04. The van der Waals surface area contributed by atoms with Crippen molar-refractivity contribution in [1.82, 2.24) is 14.7 Å². The molecule has 7 rings (SSSR count). The summed E-state index contributed by atoms with van der Waals surface area (Å²) in [5.74, 6) is -1.96. The minimum absolute atomic E-state index is 0.0403. The zero-order valence-corrected chi connectivity index (χ0v) is 24.5. The molecule has 1 aromatic heterocycles. The molecular formula is C35H33FN4O4. The molecular weight excluding hydrogens is 559 g/mol. The fourth-order valence-corrected chi connectivity index (χ4v) is 6.99. The molecule has 2 unspecified atom stereocenters. The molecule has 0 bridgehead atoms. The Morgan fingerprint density at radius 2 is 1.75 bits per heavy atom. The number of amides is 1. The summed E-state index contributed by atoms with van der Waals surface area (Å²) in [6.07, 6.45) is 2.90. The van der Waals surface area contributed by atoms with Gasteiger partial charge in [0.05, 0.1) is 18.2 Å². The molecule has 44 heavy (non-hydrogen) atoms. The van der Waals surface area contributed by atoms with Crippen LogP contribution >= 0.6 is 0 Å². The predicted molar refractivity (Wildman–Crippen MR) is 164 cm³/mol. The molecule has 0 saturated carbocycles. The largest absolute Gasteiger partial charge is 0.465 e. The molecule has 224 valence electrons. The number of nitrogens with one attached hydrogen (secondary N) is 1. The van der Waals surface area contributed by atoms with Crippen molar-refractivity contribution in [3.8, 4) is 0 Å². The van der Waals surface area contributed by atoms with Gasteiger partial charge in [-0.1, -0.05) is 48.5 Å². The average Bonchev–Trinajstić information content (AvgIpc) is 3.75. The number of aromatic nitrogens is 2. The summed E-state index contributed by atoms with van der Waals surface area (Å²) < 4.78 is 22.9. The van der Waals surface area contributed by atoms with Crippen molar-refractivity contribution >= 4 is 23.4 Å². The molecule has 3 atom stereocenters. The smallest absolute Gasteiger partial charge is 0.315 e. The van der Waals surface area contributed by atoms with Crippen LogP contribution < -0.4 is 10.9 Å². The number of aryl methyl sites for hydroxylation is 1. The molecule has 4 aromatic rings. The Balaban J connectivity index is 1.26. The minimum Gasteiger partial charge on any atom is -0.465 e. The molecule has 3 aliphatic rings. The number of benzene rings is 3. The highest BCUT2D eigenvalue weighted by Gasteiger charge is 2.44. The van der Waals surface area contributed by atoms with Gasteiger partial charge in [0.25, 0.3) is 11.5 Å². The Labute approximate surface area is 254 Å². The molecule has 0 saturated heterocycles.